The monoisotopic (exact) mass is 202 g/mol. The normalized spacial score (nSPS) is 28.8. The van der Waals surface area contributed by atoms with Crippen molar-refractivity contribution in [3.05, 3.63) is 29.3 Å². The molecule has 2 aliphatic heterocycles. The van der Waals surface area contributed by atoms with Gasteiger partial charge in [0, 0.05) is 11.7 Å². The molecule has 1 fully saturated rings. The summed E-state index contributed by atoms with van der Waals surface area (Å²) in [4.78, 5) is 2.45. The quantitative estimate of drug-likeness (QED) is 0.698. The van der Waals surface area contributed by atoms with E-state index in [9.17, 15) is 0 Å². The zero-order chi connectivity index (χ0) is 10.4. The van der Waals surface area contributed by atoms with Gasteiger partial charge in [-0.05, 0) is 49.8 Å². The average molecular weight is 202 g/mol. The van der Waals surface area contributed by atoms with Crippen LogP contribution in [0.4, 0.5) is 5.69 Å². The van der Waals surface area contributed by atoms with E-state index in [1.165, 1.54) is 36.1 Å². The van der Waals surface area contributed by atoms with Crippen LogP contribution in [-0.2, 0) is 6.42 Å². The highest BCUT2D eigenvalue weighted by molar-refractivity contribution is 5.62. The van der Waals surface area contributed by atoms with Crippen molar-refractivity contribution in [1.29, 1.82) is 0 Å². The van der Waals surface area contributed by atoms with Crippen LogP contribution in [0.1, 0.15) is 30.4 Å². The molecule has 0 spiro atoms. The predicted octanol–water partition coefficient (Wildman–Crippen LogP) is 2.19. The lowest BCUT2D eigenvalue weighted by Crippen LogP contribution is -2.49. The van der Waals surface area contributed by atoms with Crippen LogP contribution in [-0.4, -0.2) is 12.2 Å². The summed E-state index contributed by atoms with van der Waals surface area (Å²) in [7, 11) is 0. The van der Waals surface area contributed by atoms with E-state index in [-0.39, 0.29) is 6.17 Å². The number of hydrogen-bond donors (Lipinski definition) is 1. The van der Waals surface area contributed by atoms with Crippen LogP contribution >= 0.6 is 0 Å². The minimum atomic E-state index is 0.242. The van der Waals surface area contributed by atoms with E-state index >= 15 is 0 Å². The molecule has 0 radical (unpaired) electrons. The third-order valence-corrected chi connectivity index (χ3v) is 3.89. The second-order valence-corrected chi connectivity index (χ2v) is 4.84. The zero-order valence-electron chi connectivity index (χ0n) is 9.24. The second-order valence-electron chi connectivity index (χ2n) is 4.84. The van der Waals surface area contributed by atoms with Gasteiger partial charge in [0.2, 0.25) is 0 Å². The Balaban J connectivity index is 2.07. The predicted molar refractivity (Wildman–Crippen MR) is 63.0 cm³/mol. The van der Waals surface area contributed by atoms with E-state index in [2.05, 4.69) is 30.0 Å². The minimum Gasteiger partial charge on any atom is -0.353 e. The van der Waals surface area contributed by atoms with Gasteiger partial charge in [0.05, 0.1) is 6.17 Å². The molecule has 0 bridgehead atoms. The Morgan fingerprint density at radius 2 is 2.20 bits per heavy atom. The summed E-state index contributed by atoms with van der Waals surface area (Å²) in [6, 6.07) is 7.26. The number of piperidine rings is 1. The van der Waals surface area contributed by atoms with Crippen LogP contribution in [0.15, 0.2) is 18.2 Å². The lowest BCUT2D eigenvalue weighted by molar-refractivity contribution is 0.401. The van der Waals surface area contributed by atoms with Gasteiger partial charge in [0.1, 0.15) is 0 Å². The molecule has 0 amide bonds. The topological polar surface area (TPSA) is 29.3 Å². The number of nitrogens with zero attached hydrogens (tertiary/aromatic N) is 1. The van der Waals surface area contributed by atoms with Gasteiger partial charge >= 0.3 is 0 Å². The molecule has 2 aliphatic rings. The Morgan fingerprint density at radius 1 is 1.33 bits per heavy atom. The molecule has 0 saturated carbocycles. The standard InChI is InChI=1S/C13H18N2/c1-9-4-2-6-12-11(9)8-10-5-3-7-13(14)15(10)12/h2,4,6,10,13H,3,5,7-8,14H2,1H3. The van der Waals surface area contributed by atoms with E-state index in [1.807, 2.05) is 0 Å². The van der Waals surface area contributed by atoms with E-state index in [0.717, 1.165) is 6.42 Å². The van der Waals surface area contributed by atoms with Crippen LogP contribution in [0, 0.1) is 6.92 Å². The highest BCUT2D eigenvalue weighted by Crippen LogP contribution is 2.39. The van der Waals surface area contributed by atoms with Gasteiger partial charge in [-0.2, -0.15) is 0 Å². The smallest absolute Gasteiger partial charge is 0.0774 e. The molecule has 2 heteroatoms. The van der Waals surface area contributed by atoms with Crippen molar-refractivity contribution in [1.82, 2.24) is 0 Å². The number of anilines is 1. The molecule has 0 aliphatic carbocycles. The van der Waals surface area contributed by atoms with Gasteiger partial charge in [-0.3, -0.25) is 0 Å². The van der Waals surface area contributed by atoms with E-state index in [0.29, 0.717) is 6.04 Å². The van der Waals surface area contributed by atoms with Gasteiger partial charge in [-0.25, -0.2) is 0 Å². The maximum Gasteiger partial charge on any atom is 0.0774 e. The van der Waals surface area contributed by atoms with Gasteiger partial charge in [0.15, 0.2) is 0 Å². The largest absolute Gasteiger partial charge is 0.353 e. The number of aryl methyl sites for hydroxylation is 1. The van der Waals surface area contributed by atoms with Crippen molar-refractivity contribution >= 4 is 5.69 Å². The summed E-state index contributed by atoms with van der Waals surface area (Å²) in [6.07, 6.45) is 5.18. The van der Waals surface area contributed by atoms with Crippen molar-refractivity contribution in [2.24, 2.45) is 5.73 Å². The van der Waals surface area contributed by atoms with Crippen LogP contribution in [0.2, 0.25) is 0 Å². The number of fused-ring (bicyclic) bond motifs is 3. The fourth-order valence-electron chi connectivity index (χ4n) is 3.12. The summed E-state index contributed by atoms with van der Waals surface area (Å²) in [5.74, 6) is 0. The number of hydrogen-bond acceptors (Lipinski definition) is 2. The third-order valence-electron chi connectivity index (χ3n) is 3.89. The summed E-state index contributed by atoms with van der Waals surface area (Å²) in [6.45, 7) is 2.21. The first-order valence-corrected chi connectivity index (χ1v) is 5.90. The van der Waals surface area contributed by atoms with Gasteiger partial charge in [-0.1, -0.05) is 12.1 Å². The van der Waals surface area contributed by atoms with Crippen molar-refractivity contribution in [3.63, 3.8) is 0 Å². The zero-order valence-corrected chi connectivity index (χ0v) is 9.24. The maximum absolute atomic E-state index is 6.21. The number of benzene rings is 1. The SMILES string of the molecule is Cc1cccc2c1CC1CCCC(N)N21. The lowest BCUT2D eigenvalue weighted by Gasteiger charge is -2.37. The number of rotatable bonds is 0. The first kappa shape index (κ1) is 9.22. The summed E-state index contributed by atoms with van der Waals surface area (Å²) < 4.78 is 0. The molecule has 80 valence electrons. The highest BCUT2D eigenvalue weighted by Gasteiger charge is 2.35. The summed E-state index contributed by atoms with van der Waals surface area (Å²) >= 11 is 0. The molecule has 2 nitrogen and oxygen atoms in total. The van der Waals surface area contributed by atoms with Gasteiger partial charge in [-0.15, -0.1) is 0 Å². The minimum absolute atomic E-state index is 0.242. The summed E-state index contributed by atoms with van der Waals surface area (Å²) in [5, 5.41) is 0. The van der Waals surface area contributed by atoms with Crippen LogP contribution in [0.5, 0.6) is 0 Å². The van der Waals surface area contributed by atoms with Gasteiger partial charge < -0.3 is 10.6 Å². The molecule has 2 atom stereocenters. The van der Waals surface area contributed by atoms with E-state index in [4.69, 9.17) is 5.73 Å². The summed E-state index contributed by atoms with van der Waals surface area (Å²) in [5.41, 5.74) is 10.6. The molecule has 2 heterocycles. The average Bonchev–Trinajstić information content (AvgIpc) is 2.59. The van der Waals surface area contributed by atoms with Crippen LogP contribution in [0.25, 0.3) is 0 Å². The van der Waals surface area contributed by atoms with E-state index in [1.54, 1.807) is 0 Å². The van der Waals surface area contributed by atoms with Crippen molar-refractivity contribution in [2.45, 2.75) is 44.8 Å². The van der Waals surface area contributed by atoms with Crippen LogP contribution < -0.4 is 10.6 Å². The Kier molecular flexibility index (Phi) is 1.99. The Morgan fingerprint density at radius 3 is 3.07 bits per heavy atom. The molecule has 1 aromatic carbocycles. The Labute approximate surface area is 91.1 Å². The Hall–Kier alpha value is -1.02. The molecule has 2 unspecified atom stereocenters. The van der Waals surface area contributed by atoms with Crippen molar-refractivity contribution < 1.29 is 0 Å². The molecular weight excluding hydrogens is 184 g/mol. The van der Waals surface area contributed by atoms with Crippen molar-refractivity contribution in [2.75, 3.05) is 4.90 Å². The fraction of sp³-hybridized carbons (Fsp3) is 0.538. The van der Waals surface area contributed by atoms with Crippen molar-refractivity contribution in [3.8, 4) is 0 Å². The van der Waals surface area contributed by atoms with Crippen LogP contribution in [0.3, 0.4) is 0 Å². The molecule has 0 aromatic heterocycles. The maximum atomic E-state index is 6.21. The molecule has 3 rings (SSSR count). The molecule has 15 heavy (non-hydrogen) atoms. The molecule has 1 saturated heterocycles. The first-order chi connectivity index (χ1) is 7.27. The molecular formula is C13H18N2. The molecule has 1 aromatic rings. The Bertz CT molecular complexity index is 386. The fourth-order valence-corrected chi connectivity index (χ4v) is 3.12. The second kappa shape index (κ2) is 3.24. The lowest BCUT2D eigenvalue weighted by atomic mass is 9.99. The van der Waals surface area contributed by atoms with E-state index < -0.39 is 0 Å². The number of nitrogens with two attached hydrogens (primary N) is 1. The highest BCUT2D eigenvalue weighted by atomic mass is 15.3. The third kappa shape index (κ3) is 1.28. The first-order valence-electron chi connectivity index (χ1n) is 5.90. The van der Waals surface area contributed by atoms with Gasteiger partial charge in [0.25, 0.3) is 0 Å². The molecule has 2 N–H and O–H groups in total.